The number of hydrogen-bond donors (Lipinski definition) is 2. The lowest BCUT2D eigenvalue weighted by Crippen LogP contribution is -2.33. The van der Waals surface area contributed by atoms with Crippen molar-refractivity contribution < 1.29 is 14.9 Å². The van der Waals surface area contributed by atoms with E-state index in [0.29, 0.717) is 25.9 Å². The Morgan fingerprint density at radius 1 is 0.556 bits per heavy atom. The topological polar surface area (TPSA) is 49.7 Å². The molecule has 0 heterocycles. The van der Waals surface area contributed by atoms with Crippen LogP contribution in [0.2, 0.25) is 0 Å². The third kappa shape index (κ3) is 6.23. The Hall–Kier alpha value is -1.68. The van der Waals surface area contributed by atoms with Crippen LogP contribution in [0, 0.1) is 0 Å². The summed E-state index contributed by atoms with van der Waals surface area (Å²) >= 11 is 0. The Morgan fingerprint density at radius 3 is 1.33 bits per heavy atom. The van der Waals surface area contributed by atoms with Gasteiger partial charge in [0.25, 0.3) is 0 Å². The molecule has 0 fully saturated rings. The van der Waals surface area contributed by atoms with Crippen LogP contribution in [0.25, 0.3) is 0 Å². The lowest BCUT2D eigenvalue weighted by atomic mass is 9.73. The third-order valence-electron chi connectivity index (χ3n) is 9.39. The molecule has 2 aromatic rings. The van der Waals surface area contributed by atoms with Crippen molar-refractivity contribution in [1.29, 1.82) is 0 Å². The van der Waals surface area contributed by atoms with Crippen molar-refractivity contribution in [1.82, 2.24) is 0 Å². The van der Waals surface area contributed by atoms with E-state index in [9.17, 15) is 10.2 Å². The summed E-state index contributed by atoms with van der Waals surface area (Å²) in [5.41, 5.74) is 2.91. The molecule has 0 bridgehead atoms. The quantitative estimate of drug-likeness (QED) is 0.260. The van der Waals surface area contributed by atoms with Crippen LogP contribution in [0.4, 0.5) is 0 Å². The molecule has 0 aromatic heterocycles. The van der Waals surface area contributed by atoms with Gasteiger partial charge in [-0.2, -0.15) is 0 Å². The molecular formula is C33H52O3. The molecule has 2 rings (SSSR count). The molecule has 3 nitrogen and oxygen atoms in total. The van der Waals surface area contributed by atoms with Gasteiger partial charge < -0.3 is 14.9 Å². The average Bonchev–Trinajstić information content (AvgIpc) is 2.94. The van der Waals surface area contributed by atoms with E-state index in [-0.39, 0.29) is 11.0 Å². The molecule has 202 valence electrons. The Bertz CT molecular complexity index is 903. The second kappa shape index (κ2) is 12.7. The molecule has 0 saturated heterocycles. The Labute approximate surface area is 221 Å². The van der Waals surface area contributed by atoms with Gasteiger partial charge in [0.15, 0.2) is 0 Å². The smallest absolute Gasteiger partial charge is 0.0926 e. The van der Waals surface area contributed by atoms with E-state index < -0.39 is 11.2 Å². The minimum absolute atomic E-state index is 0.117. The molecule has 3 heteroatoms. The standard InChI is InChI=1S/C33H52O3/c1-9-30(8,26-16-20-28(21-17-26)32(35,12-4)13-5)27-18-22-29(23-19-27)33(14-6,15-7)36-25-24-31(34,10-2)11-3/h16-23,34-35H,9-15,24-25H2,1-8H3. The van der Waals surface area contributed by atoms with E-state index in [1.807, 2.05) is 27.7 Å². The van der Waals surface area contributed by atoms with Crippen LogP contribution in [0.1, 0.15) is 129 Å². The molecule has 2 aromatic carbocycles. The molecule has 0 aliphatic heterocycles. The van der Waals surface area contributed by atoms with E-state index in [2.05, 4.69) is 76.2 Å². The summed E-state index contributed by atoms with van der Waals surface area (Å²) in [5.74, 6) is 0. The first-order chi connectivity index (χ1) is 17.1. The molecule has 36 heavy (non-hydrogen) atoms. The predicted octanol–water partition coefficient (Wildman–Crippen LogP) is 8.38. The van der Waals surface area contributed by atoms with Crippen LogP contribution in [0.5, 0.6) is 0 Å². The van der Waals surface area contributed by atoms with Crippen LogP contribution >= 0.6 is 0 Å². The average molecular weight is 497 g/mol. The van der Waals surface area contributed by atoms with Crippen molar-refractivity contribution in [2.24, 2.45) is 0 Å². The molecule has 1 atom stereocenters. The minimum atomic E-state index is -0.754. The van der Waals surface area contributed by atoms with Gasteiger partial charge in [0.2, 0.25) is 0 Å². The maximum Gasteiger partial charge on any atom is 0.0926 e. The SMILES string of the molecule is CCC(O)(CC)CCOC(CC)(CC)c1ccc(C(C)(CC)c2ccc(C(O)(CC)CC)cc2)cc1. The first-order valence-corrected chi connectivity index (χ1v) is 14.4. The molecule has 0 aliphatic rings. The van der Waals surface area contributed by atoms with Gasteiger partial charge in [-0.25, -0.2) is 0 Å². The second-order valence-electron chi connectivity index (χ2n) is 10.8. The fourth-order valence-electron chi connectivity index (χ4n) is 5.51. The Kier molecular flexibility index (Phi) is 10.8. The maximum atomic E-state index is 10.9. The van der Waals surface area contributed by atoms with Crippen molar-refractivity contribution in [3.63, 3.8) is 0 Å². The van der Waals surface area contributed by atoms with Crippen LogP contribution in [-0.2, 0) is 21.4 Å². The normalized spacial score (nSPS) is 14.6. The molecule has 0 aliphatic carbocycles. The molecule has 0 amide bonds. The Balaban J connectivity index is 2.31. The maximum absolute atomic E-state index is 10.9. The second-order valence-corrected chi connectivity index (χ2v) is 10.8. The highest BCUT2D eigenvalue weighted by molar-refractivity contribution is 5.42. The number of benzene rings is 2. The first-order valence-electron chi connectivity index (χ1n) is 14.4. The molecule has 0 saturated carbocycles. The van der Waals surface area contributed by atoms with Gasteiger partial charge in [-0.05, 0) is 73.6 Å². The van der Waals surface area contributed by atoms with Crippen LogP contribution in [0.3, 0.4) is 0 Å². The van der Waals surface area contributed by atoms with E-state index in [0.717, 1.165) is 37.7 Å². The summed E-state index contributed by atoms with van der Waals surface area (Å²) in [7, 11) is 0. The van der Waals surface area contributed by atoms with Crippen LogP contribution in [0.15, 0.2) is 48.5 Å². The lowest BCUT2D eigenvalue weighted by Gasteiger charge is -2.36. The number of hydrogen-bond acceptors (Lipinski definition) is 3. The van der Waals surface area contributed by atoms with Crippen molar-refractivity contribution in [2.45, 2.75) is 129 Å². The van der Waals surface area contributed by atoms with Gasteiger partial charge in [0.05, 0.1) is 23.4 Å². The summed E-state index contributed by atoms with van der Waals surface area (Å²) in [5, 5.41) is 21.6. The first kappa shape index (κ1) is 30.5. The van der Waals surface area contributed by atoms with Gasteiger partial charge in [-0.1, -0.05) is 104 Å². The van der Waals surface area contributed by atoms with Gasteiger partial charge in [-0.15, -0.1) is 0 Å². The summed E-state index contributed by atoms with van der Waals surface area (Å²) in [6.07, 6.45) is 6.35. The largest absolute Gasteiger partial charge is 0.390 e. The fraction of sp³-hybridized carbons (Fsp3) is 0.636. The van der Waals surface area contributed by atoms with E-state index in [4.69, 9.17) is 4.74 Å². The van der Waals surface area contributed by atoms with Gasteiger partial charge in [0.1, 0.15) is 0 Å². The number of aliphatic hydroxyl groups is 2. The van der Waals surface area contributed by atoms with Crippen molar-refractivity contribution >= 4 is 0 Å². The third-order valence-corrected chi connectivity index (χ3v) is 9.39. The zero-order valence-corrected chi connectivity index (χ0v) is 24.3. The highest BCUT2D eigenvalue weighted by Gasteiger charge is 2.33. The van der Waals surface area contributed by atoms with Gasteiger partial charge in [0, 0.05) is 5.41 Å². The van der Waals surface area contributed by atoms with Gasteiger partial charge in [-0.3, -0.25) is 0 Å². The van der Waals surface area contributed by atoms with Gasteiger partial charge >= 0.3 is 0 Å². The summed E-state index contributed by atoms with van der Waals surface area (Å²) in [6, 6.07) is 17.6. The van der Waals surface area contributed by atoms with Crippen molar-refractivity contribution in [3.05, 3.63) is 70.8 Å². The van der Waals surface area contributed by atoms with Crippen molar-refractivity contribution in [2.75, 3.05) is 6.61 Å². The lowest BCUT2D eigenvalue weighted by molar-refractivity contribution is -0.0845. The minimum Gasteiger partial charge on any atom is -0.390 e. The zero-order chi connectivity index (χ0) is 27.0. The van der Waals surface area contributed by atoms with E-state index >= 15 is 0 Å². The zero-order valence-electron chi connectivity index (χ0n) is 24.3. The highest BCUT2D eigenvalue weighted by atomic mass is 16.5. The molecule has 2 N–H and O–H groups in total. The summed E-state index contributed by atoms with van der Waals surface area (Å²) in [4.78, 5) is 0. The number of ether oxygens (including phenoxy) is 1. The van der Waals surface area contributed by atoms with Crippen LogP contribution in [-0.4, -0.2) is 22.4 Å². The fourth-order valence-corrected chi connectivity index (χ4v) is 5.51. The highest BCUT2D eigenvalue weighted by Crippen LogP contribution is 2.40. The Morgan fingerprint density at radius 2 is 0.972 bits per heavy atom. The number of rotatable bonds is 15. The molecular weight excluding hydrogens is 444 g/mol. The van der Waals surface area contributed by atoms with E-state index in [1.165, 1.54) is 16.7 Å². The monoisotopic (exact) mass is 496 g/mol. The predicted molar refractivity (Wildman–Crippen MR) is 152 cm³/mol. The van der Waals surface area contributed by atoms with Crippen molar-refractivity contribution in [3.8, 4) is 0 Å². The molecule has 0 radical (unpaired) electrons. The van der Waals surface area contributed by atoms with E-state index in [1.54, 1.807) is 0 Å². The molecule has 1 unspecified atom stereocenters. The summed E-state index contributed by atoms with van der Waals surface area (Å²) < 4.78 is 6.53. The molecule has 0 spiro atoms. The van der Waals surface area contributed by atoms with Crippen LogP contribution < -0.4 is 0 Å². The summed E-state index contributed by atoms with van der Waals surface area (Å²) in [6.45, 7) is 17.7.